The van der Waals surface area contributed by atoms with E-state index in [2.05, 4.69) is 31.0 Å². The molecular weight excluding hydrogens is 244 g/mol. The van der Waals surface area contributed by atoms with E-state index in [0.717, 1.165) is 17.9 Å². The molecule has 0 spiro atoms. The normalized spacial score (nSPS) is 10.9. The lowest BCUT2D eigenvalue weighted by molar-refractivity contribution is 0.414. The standard InChI is InChI=1S/C14H18N2OS/c1-9(2)13-12(18-14(15)16-13)8-10-5-4-6-11(7-10)17-3/h4-7,9H,8H2,1-3H3,(H2,15,16). The number of ether oxygens (including phenoxy) is 1. The number of aromatic nitrogens is 1. The van der Waals surface area contributed by atoms with Crippen molar-refractivity contribution < 1.29 is 4.74 Å². The zero-order valence-corrected chi connectivity index (χ0v) is 11.8. The number of methoxy groups -OCH3 is 1. The Kier molecular flexibility index (Phi) is 3.87. The molecule has 1 heterocycles. The van der Waals surface area contributed by atoms with Gasteiger partial charge in [-0.1, -0.05) is 26.0 Å². The summed E-state index contributed by atoms with van der Waals surface area (Å²) in [6.45, 7) is 4.28. The molecule has 2 N–H and O–H groups in total. The molecule has 1 aromatic heterocycles. The van der Waals surface area contributed by atoms with Crippen LogP contribution in [0.25, 0.3) is 0 Å². The molecular formula is C14H18N2OS. The molecule has 0 saturated heterocycles. The first-order chi connectivity index (χ1) is 8.60. The second-order valence-corrected chi connectivity index (χ2v) is 5.66. The Labute approximate surface area is 112 Å². The van der Waals surface area contributed by atoms with Gasteiger partial charge in [0.15, 0.2) is 5.13 Å². The van der Waals surface area contributed by atoms with Gasteiger partial charge < -0.3 is 10.5 Å². The minimum Gasteiger partial charge on any atom is -0.497 e. The molecule has 0 amide bonds. The van der Waals surface area contributed by atoms with Gasteiger partial charge in [-0.2, -0.15) is 0 Å². The van der Waals surface area contributed by atoms with Crippen LogP contribution >= 0.6 is 11.3 Å². The number of hydrogen-bond donors (Lipinski definition) is 1. The maximum atomic E-state index is 5.81. The Balaban J connectivity index is 2.27. The molecule has 0 bridgehead atoms. The van der Waals surface area contributed by atoms with Gasteiger partial charge in [0.1, 0.15) is 5.75 Å². The minimum absolute atomic E-state index is 0.402. The molecule has 0 aliphatic heterocycles. The van der Waals surface area contributed by atoms with Crippen molar-refractivity contribution >= 4 is 16.5 Å². The Morgan fingerprint density at radius 3 is 2.83 bits per heavy atom. The summed E-state index contributed by atoms with van der Waals surface area (Å²) in [4.78, 5) is 5.66. The van der Waals surface area contributed by atoms with Crippen molar-refractivity contribution in [3.8, 4) is 5.75 Å². The number of thiazole rings is 1. The second-order valence-electron chi connectivity index (χ2n) is 4.54. The molecule has 0 unspecified atom stereocenters. The number of nitrogens with two attached hydrogens (primary N) is 1. The van der Waals surface area contributed by atoms with Crippen LogP contribution in [0.5, 0.6) is 5.75 Å². The predicted octanol–water partition coefficient (Wildman–Crippen LogP) is 3.45. The van der Waals surface area contributed by atoms with E-state index in [1.54, 1.807) is 18.4 Å². The average Bonchev–Trinajstić information content (AvgIpc) is 2.70. The number of benzene rings is 1. The zero-order chi connectivity index (χ0) is 13.1. The van der Waals surface area contributed by atoms with E-state index in [9.17, 15) is 0 Å². The molecule has 1 aromatic carbocycles. The van der Waals surface area contributed by atoms with E-state index >= 15 is 0 Å². The highest BCUT2D eigenvalue weighted by molar-refractivity contribution is 7.15. The number of hydrogen-bond acceptors (Lipinski definition) is 4. The summed E-state index contributed by atoms with van der Waals surface area (Å²) in [5.41, 5.74) is 8.14. The highest BCUT2D eigenvalue weighted by atomic mass is 32.1. The molecule has 2 aromatic rings. The molecule has 0 aliphatic rings. The van der Waals surface area contributed by atoms with Gasteiger partial charge >= 0.3 is 0 Å². The van der Waals surface area contributed by atoms with Crippen molar-refractivity contribution in [1.82, 2.24) is 4.98 Å². The fraction of sp³-hybridized carbons (Fsp3) is 0.357. The van der Waals surface area contributed by atoms with Gasteiger partial charge in [0.25, 0.3) is 0 Å². The first-order valence-corrected chi connectivity index (χ1v) is 6.79. The smallest absolute Gasteiger partial charge is 0.180 e. The third-order valence-electron chi connectivity index (χ3n) is 2.79. The summed E-state index contributed by atoms with van der Waals surface area (Å²) >= 11 is 1.58. The van der Waals surface area contributed by atoms with Gasteiger partial charge in [-0.3, -0.25) is 0 Å². The van der Waals surface area contributed by atoms with Crippen LogP contribution in [-0.2, 0) is 6.42 Å². The molecule has 4 heteroatoms. The van der Waals surface area contributed by atoms with Crippen LogP contribution in [-0.4, -0.2) is 12.1 Å². The lowest BCUT2D eigenvalue weighted by Gasteiger charge is -2.06. The number of anilines is 1. The minimum atomic E-state index is 0.402. The van der Waals surface area contributed by atoms with Crippen LogP contribution in [0.15, 0.2) is 24.3 Å². The Hall–Kier alpha value is -1.55. The second kappa shape index (κ2) is 5.40. The fourth-order valence-electron chi connectivity index (χ4n) is 1.93. The van der Waals surface area contributed by atoms with E-state index < -0.39 is 0 Å². The summed E-state index contributed by atoms with van der Waals surface area (Å²) in [6, 6.07) is 8.12. The Morgan fingerprint density at radius 1 is 1.39 bits per heavy atom. The molecule has 0 radical (unpaired) electrons. The molecule has 0 saturated carbocycles. The van der Waals surface area contributed by atoms with Gasteiger partial charge in [0.05, 0.1) is 12.8 Å². The monoisotopic (exact) mass is 262 g/mol. The zero-order valence-electron chi connectivity index (χ0n) is 10.9. The van der Waals surface area contributed by atoms with Crippen molar-refractivity contribution in [2.75, 3.05) is 12.8 Å². The van der Waals surface area contributed by atoms with Crippen LogP contribution in [0.2, 0.25) is 0 Å². The first kappa shape index (κ1) is 12.9. The highest BCUT2D eigenvalue weighted by Gasteiger charge is 2.13. The number of nitrogens with zero attached hydrogens (tertiary/aromatic N) is 1. The molecule has 0 atom stereocenters. The van der Waals surface area contributed by atoms with Gasteiger partial charge in [-0.15, -0.1) is 11.3 Å². The fourth-order valence-corrected chi connectivity index (χ4v) is 2.95. The number of rotatable bonds is 4. The van der Waals surface area contributed by atoms with E-state index in [0.29, 0.717) is 11.0 Å². The van der Waals surface area contributed by atoms with Crippen molar-refractivity contribution in [3.05, 3.63) is 40.4 Å². The molecule has 0 aliphatic carbocycles. The average molecular weight is 262 g/mol. The molecule has 0 fully saturated rings. The van der Waals surface area contributed by atoms with Gasteiger partial charge in [-0.05, 0) is 23.6 Å². The Morgan fingerprint density at radius 2 is 2.17 bits per heavy atom. The van der Waals surface area contributed by atoms with Crippen molar-refractivity contribution in [1.29, 1.82) is 0 Å². The van der Waals surface area contributed by atoms with Crippen molar-refractivity contribution in [2.45, 2.75) is 26.2 Å². The van der Waals surface area contributed by atoms with Gasteiger partial charge in [0, 0.05) is 11.3 Å². The SMILES string of the molecule is COc1cccc(Cc2sc(N)nc2C(C)C)c1. The maximum absolute atomic E-state index is 5.81. The largest absolute Gasteiger partial charge is 0.497 e. The summed E-state index contributed by atoms with van der Waals surface area (Å²) in [5.74, 6) is 1.29. The predicted molar refractivity (Wildman–Crippen MR) is 76.4 cm³/mol. The quantitative estimate of drug-likeness (QED) is 0.918. The third-order valence-corrected chi connectivity index (χ3v) is 3.69. The maximum Gasteiger partial charge on any atom is 0.180 e. The van der Waals surface area contributed by atoms with Crippen LogP contribution < -0.4 is 10.5 Å². The summed E-state index contributed by atoms with van der Waals surface area (Å²) in [7, 11) is 1.68. The van der Waals surface area contributed by atoms with Crippen LogP contribution in [0.1, 0.15) is 35.9 Å². The topological polar surface area (TPSA) is 48.1 Å². The molecule has 18 heavy (non-hydrogen) atoms. The van der Waals surface area contributed by atoms with Crippen molar-refractivity contribution in [3.63, 3.8) is 0 Å². The summed E-state index contributed by atoms with van der Waals surface area (Å²) in [6.07, 6.45) is 0.861. The van der Waals surface area contributed by atoms with Crippen LogP contribution in [0.4, 0.5) is 5.13 Å². The molecule has 2 rings (SSSR count). The van der Waals surface area contributed by atoms with E-state index in [1.807, 2.05) is 12.1 Å². The number of nitrogen functional groups attached to an aromatic ring is 1. The lowest BCUT2D eigenvalue weighted by atomic mass is 10.0. The highest BCUT2D eigenvalue weighted by Crippen LogP contribution is 2.29. The van der Waals surface area contributed by atoms with Gasteiger partial charge in [0.2, 0.25) is 0 Å². The summed E-state index contributed by atoms with van der Waals surface area (Å²) in [5, 5.41) is 0.650. The van der Waals surface area contributed by atoms with Crippen LogP contribution in [0.3, 0.4) is 0 Å². The van der Waals surface area contributed by atoms with E-state index in [4.69, 9.17) is 10.5 Å². The van der Waals surface area contributed by atoms with Crippen molar-refractivity contribution in [2.24, 2.45) is 0 Å². The third kappa shape index (κ3) is 2.82. The molecule has 3 nitrogen and oxygen atoms in total. The Bertz CT molecular complexity index is 534. The van der Waals surface area contributed by atoms with Gasteiger partial charge in [-0.25, -0.2) is 4.98 Å². The lowest BCUT2D eigenvalue weighted by Crippen LogP contribution is -1.95. The summed E-state index contributed by atoms with van der Waals surface area (Å²) < 4.78 is 5.24. The first-order valence-electron chi connectivity index (χ1n) is 5.98. The van der Waals surface area contributed by atoms with E-state index in [1.165, 1.54) is 10.4 Å². The van der Waals surface area contributed by atoms with E-state index in [-0.39, 0.29) is 0 Å². The van der Waals surface area contributed by atoms with Crippen LogP contribution in [0, 0.1) is 0 Å². The molecule has 96 valence electrons.